The number of aromatic nitrogens is 1. The molecule has 0 aliphatic carbocycles. The Morgan fingerprint density at radius 1 is 1.17 bits per heavy atom. The van der Waals surface area contributed by atoms with Crippen molar-refractivity contribution in [1.29, 1.82) is 0 Å². The van der Waals surface area contributed by atoms with E-state index in [4.69, 9.17) is 21.3 Å². The Bertz CT molecular complexity index is 1000. The van der Waals surface area contributed by atoms with Crippen LogP contribution in [0.2, 0.25) is 5.02 Å². The Hall–Kier alpha value is -2.35. The molecule has 2 aromatic carbocycles. The number of amides is 1. The number of ether oxygens (including phenoxy) is 1. The van der Waals surface area contributed by atoms with E-state index in [1.807, 2.05) is 49.4 Å². The van der Waals surface area contributed by atoms with Gasteiger partial charge >= 0.3 is 0 Å². The van der Waals surface area contributed by atoms with Crippen LogP contribution in [0.3, 0.4) is 0 Å². The zero-order valence-corrected chi connectivity index (χ0v) is 18.5. The lowest BCUT2D eigenvalue weighted by Gasteiger charge is -2.34. The van der Waals surface area contributed by atoms with Gasteiger partial charge in [0.2, 0.25) is 0 Å². The van der Waals surface area contributed by atoms with Crippen molar-refractivity contribution in [2.24, 2.45) is 0 Å². The Labute approximate surface area is 185 Å². The molecule has 4 rings (SSSR count). The van der Waals surface area contributed by atoms with E-state index < -0.39 is 0 Å². The lowest BCUT2D eigenvalue weighted by molar-refractivity contribution is -0.123. The predicted octanol–water partition coefficient (Wildman–Crippen LogP) is 3.58. The van der Waals surface area contributed by atoms with Crippen molar-refractivity contribution in [3.05, 3.63) is 53.1 Å². The molecule has 1 N–H and O–H groups in total. The molecular formula is C22H25ClN4O2S. The van der Waals surface area contributed by atoms with Gasteiger partial charge in [-0.3, -0.25) is 9.69 Å². The topological polar surface area (TPSA) is 57.7 Å². The van der Waals surface area contributed by atoms with Crippen LogP contribution in [0.25, 0.3) is 10.2 Å². The van der Waals surface area contributed by atoms with Crippen molar-refractivity contribution in [3.63, 3.8) is 0 Å². The molecule has 1 aliphatic rings. The number of nitrogens with zero attached hydrogens (tertiary/aromatic N) is 3. The quantitative estimate of drug-likeness (QED) is 0.603. The van der Waals surface area contributed by atoms with Crippen LogP contribution in [-0.4, -0.2) is 61.7 Å². The fourth-order valence-electron chi connectivity index (χ4n) is 3.46. The highest BCUT2D eigenvalue weighted by atomic mass is 35.5. The average molecular weight is 445 g/mol. The number of nitrogens with one attached hydrogen (secondary N) is 1. The molecule has 1 amide bonds. The smallest absolute Gasteiger partial charge is 0.257 e. The van der Waals surface area contributed by atoms with E-state index in [0.29, 0.717) is 12.3 Å². The van der Waals surface area contributed by atoms with Gasteiger partial charge in [-0.25, -0.2) is 4.98 Å². The first-order valence-corrected chi connectivity index (χ1v) is 11.3. The number of halogens is 1. The van der Waals surface area contributed by atoms with Gasteiger partial charge in [-0.05, 0) is 36.8 Å². The van der Waals surface area contributed by atoms with Gasteiger partial charge < -0.3 is 15.0 Å². The number of carbonyl (C=O) groups is 1. The van der Waals surface area contributed by atoms with Crippen LogP contribution in [0.15, 0.2) is 42.5 Å². The highest BCUT2D eigenvalue weighted by Gasteiger charge is 2.20. The first-order valence-electron chi connectivity index (χ1n) is 10.1. The van der Waals surface area contributed by atoms with Gasteiger partial charge in [0.05, 0.1) is 10.2 Å². The van der Waals surface area contributed by atoms with Gasteiger partial charge in [-0.2, -0.15) is 0 Å². The van der Waals surface area contributed by atoms with E-state index in [-0.39, 0.29) is 12.5 Å². The summed E-state index contributed by atoms with van der Waals surface area (Å²) in [6.45, 7) is 7.27. The molecule has 0 saturated carbocycles. The number of thiazole rings is 1. The summed E-state index contributed by atoms with van der Waals surface area (Å²) in [5, 5.41) is 4.75. The van der Waals surface area contributed by atoms with Gasteiger partial charge in [0.1, 0.15) is 5.75 Å². The standard InChI is InChI=1S/C22H25ClN4O2S/c1-16-18(23)7-8-19-21(16)25-22(30-19)27-13-11-26(12-14-27)10-9-24-20(28)15-29-17-5-3-2-4-6-17/h2-8H,9-15H2,1H3,(H,24,28). The molecule has 30 heavy (non-hydrogen) atoms. The molecule has 1 aliphatic heterocycles. The first-order chi connectivity index (χ1) is 14.6. The molecule has 0 radical (unpaired) electrons. The van der Waals surface area contributed by atoms with Crippen molar-refractivity contribution >= 4 is 44.2 Å². The molecule has 8 heteroatoms. The van der Waals surface area contributed by atoms with Crippen LogP contribution >= 0.6 is 22.9 Å². The van der Waals surface area contributed by atoms with Gasteiger partial charge in [-0.15, -0.1) is 0 Å². The maximum absolute atomic E-state index is 12.0. The first kappa shape index (κ1) is 20.9. The van der Waals surface area contributed by atoms with E-state index in [0.717, 1.165) is 54.0 Å². The number of hydrogen-bond acceptors (Lipinski definition) is 6. The Kier molecular flexibility index (Phi) is 6.72. The molecule has 0 unspecified atom stereocenters. The van der Waals surface area contributed by atoms with Gasteiger partial charge in [0.25, 0.3) is 5.91 Å². The van der Waals surface area contributed by atoms with E-state index in [1.54, 1.807) is 11.3 Å². The maximum atomic E-state index is 12.0. The van der Waals surface area contributed by atoms with Crippen LogP contribution in [-0.2, 0) is 4.79 Å². The third-order valence-electron chi connectivity index (χ3n) is 5.24. The average Bonchev–Trinajstić information content (AvgIpc) is 3.21. The summed E-state index contributed by atoms with van der Waals surface area (Å²) < 4.78 is 6.64. The lowest BCUT2D eigenvalue weighted by atomic mass is 10.2. The summed E-state index contributed by atoms with van der Waals surface area (Å²) in [6, 6.07) is 13.4. The summed E-state index contributed by atoms with van der Waals surface area (Å²) in [6.07, 6.45) is 0. The number of fused-ring (bicyclic) bond motifs is 1. The molecule has 2 heterocycles. The fraction of sp³-hybridized carbons (Fsp3) is 0.364. The number of aryl methyl sites for hydroxylation is 1. The van der Waals surface area contributed by atoms with E-state index in [1.165, 1.54) is 4.70 Å². The minimum Gasteiger partial charge on any atom is -0.484 e. The summed E-state index contributed by atoms with van der Waals surface area (Å²) in [7, 11) is 0. The molecular weight excluding hydrogens is 420 g/mol. The van der Waals surface area contributed by atoms with Crippen LogP contribution in [0.1, 0.15) is 5.56 Å². The highest BCUT2D eigenvalue weighted by Crippen LogP contribution is 2.33. The summed E-state index contributed by atoms with van der Waals surface area (Å²) in [4.78, 5) is 21.5. The van der Waals surface area contributed by atoms with Crippen molar-refractivity contribution in [2.45, 2.75) is 6.92 Å². The number of hydrogen-bond donors (Lipinski definition) is 1. The molecule has 0 atom stereocenters. The fourth-order valence-corrected chi connectivity index (χ4v) is 4.69. The van der Waals surface area contributed by atoms with E-state index in [9.17, 15) is 4.79 Å². The van der Waals surface area contributed by atoms with Gasteiger partial charge in [0.15, 0.2) is 11.7 Å². The van der Waals surface area contributed by atoms with Crippen LogP contribution in [0.5, 0.6) is 5.75 Å². The normalized spacial score (nSPS) is 14.8. The molecule has 158 valence electrons. The van der Waals surface area contributed by atoms with Crippen molar-refractivity contribution in [3.8, 4) is 5.75 Å². The maximum Gasteiger partial charge on any atom is 0.257 e. The number of rotatable bonds is 7. The van der Waals surface area contributed by atoms with Crippen LogP contribution < -0.4 is 15.0 Å². The highest BCUT2D eigenvalue weighted by molar-refractivity contribution is 7.22. The van der Waals surface area contributed by atoms with E-state index in [2.05, 4.69) is 15.1 Å². The number of piperazine rings is 1. The summed E-state index contributed by atoms with van der Waals surface area (Å²) in [5.41, 5.74) is 2.05. The third-order valence-corrected chi connectivity index (χ3v) is 6.73. The van der Waals surface area contributed by atoms with Crippen molar-refractivity contribution < 1.29 is 9.53 Å². The van der Waals surface area contributed by atoms with Gasteiger partial charge in [-0.1, -0.05) is 41.1 Å². The number of para-hydroxylation sites is 1. The van der Waals surface area contributed by atoms with E-state index >= 15 is 0 Å². The number of anilines is 1. The Morgan fingerprint density at radius 3 is 2.70 bits per heavy atom. The molecule has 6 nitrogen and oxygen atoms in total. The molecule has 1 fully saturated rings. The molecule has 0 spiro atoms. The monoisotopic (exact) mass is 444 g/mol. The second-order valence-electron chi connectivity index (χ2n) is 7.30. The predicted molar refractivity (Wildman–Crippen MR) is 123 cm³/mol. The van der Waals surface area contributed by atoms with Crippen molar-refractivity contribution in [1.82, 2.24) is 15.2 Å². The number of carbonyl (C=O) groups excluding carboxylic acids is 1. The molecule has 3 aromatic rings. The molecule has 0 bridgehead atoms. The van der Waals surface area contributed by atoms with Gasteiger partial charge in [0, 0.05) is 44.3 Å². The van der Waals surface area contributed by atoms with Crippen LogP contribution in [0.4, 0.5) is 5.13 Å². The minimum absolute atomic E-state index is 0.0405. The second kappa shape index (κ2) is 9.64. The second-order valence-corrected chi connectivity index (χ2v) is 8.71. The summed E-state index contributed by atoms with van der Waals surface area (Å²) >= 11 is 7.95. The zero-order valence-electron chi connectivity index (χ0n) is 16.9. The largest absolute Gasteiger partial charge is 0.484 e. The molecule has 1 aromatic heterocycles. The minimum atomic E-state index is -0.0963. The number of benzene rings is 2. The SMILES string of the molecule is Cc1c(Cl)ccc2sc(N3CCN(CCNC(=O)COc4ccccc4)CC3)nc12. The third kappa shape index (κ3) is 5.03. The lowest BCUT2D eigenvalue weighted by Crippen LogP contribution is -2.48. The Balaban J connectivity index is 1.19. The summed E-state index contributed by atoms with van der Waals surface area (Å²) in [5.74, 6) is 0.608. The Morgan fingerprint density at radius 2 is 1.93 bits per heavy atom. The van der Waals surface area contributed by atoms with Crippen molar-refractivity contribution in [2.75, 3.05) is 50.8 Å². The van der Waals surface area contributed by atoms with Crippen LogP contribution in [0, 0.1) is 6.92 Å². The zero-order chi connectivity index (χ0) is 20.9. The molecule has 1 saturated heterocycles.